The Kier molecular flexibility index (Phi) is 4.74. The van der Waals surface area contributed by atoms with Crippen molar-refractivity contribution >= 4 is 17.3 Å². The molecule has 2 aromatic rings. The molecule has 0 bridgehead atoms. The van der Waals surface area contributed by atoms with Gasteiger partial charge in [0.1, 0.15) is 0 Å². The number of carbonyl (C=O) groups is 1. The van der Waals surface area contributed by atoms with Crippen molar-refractivity contribution in [1.82, 2.24) is 4.90 Å². The van der Waals surface area contributed by atoms with Crippen LogP contribution in [0.1, 0.15) is 42.9 Å². The van der Waals surface area contributed by atoms with Crippen molar-refractivity contribution in [2.75, 3.05) is 24.6 Å². The maximum absolute atomic E-state index is 12.0. The van der Waals surface area contributed by atoms with Gasteiger partial charge in [-0.3, -0.25) is 4.79 Å². The molecule has 2 atom stereocenters. The lowest BCUT2D eigenvalue weighted by molar-refractivity contribution is -0.132. The molecule has 0 aromatic heterocycles. The number of likely N-dealkylation sites (tertiary alicyclic amines) is 1. The topological polar surface area (TPSA) is 58.4 Å². The molecule has 1 aliphatic rings. The number of anilines is 2. The molecular weight excluding hydrogens is 298 g/mol. The SMILES string of the molecule is C[C@H](Nc1cc(C2CCN(C)C(=O)C2)ccc1N)c1ccccc1. The summed E-state index contributed by atoms with van der Waals surface area (Å²) in [5.74, 6) is 0.497. The Morgan fingerprint density at radius 3 is 2.67 bits per heavy atom. The van der Waals surface area contributed by atoms with Crippen molar-refractivity contribution in [2.24, 2.45) is 0 Å². The van der Waals surface area contributed by atoms with Gasteiger partial charge in [0.15, 0.2) is 0 Å². The molecule has 2 aromatic carbocycles. The third kappa shape index (κ3) is 3.53. The van der Waals surface area contributed by atoms with E-state index in [2.05, 4.69) is 36.5 Å². The summed E-state index contributed by atoms with van der Waals surface area (Å²) in [6, 6.07) is 16.6. The van der Waals surface area contributed by atoms with E-state index in [9.17, 15) is 4.79 Å². The van der Waals surface area contributed by atoms with Crippen molar-refractivity contribution in [3.05, 3.63) is 59.7 Å². The largest absolute Gasteiger partial charge is 0.397 e. The second-order valence-electron chi connectivity index (χ2n) is 6.63. The third-order valence-electron chi connectivity index (χ3n) is 4.88. The van der Waals surface area contributed by atoms with Crippen LogP contribution >= 0.6 is 0 Å². The lowest BCUT2D eigenvalue weighted by Gasteiger charge is -2.29. The average molecular weight is 323 g/mol. The van der Waals surface area contributed by atoms with Gasteiger partial charge in [0.05, 0.1) is 11.4 Å². The minimum absolute atomic E-state index is 0.169. The van der Waals surface area contributed by atoms with Crippen LogP contribution in [0.5, 0.6) is 0 Å². The van der Waals surface area contributed by atoms with Gasteiger partial charge in [-0.05, 0) is 42.5 Å². The van der Waals surface area contributed by atoms with Gasteiger partial charge in [-0.2, -0.15) is 0 Å². The highest BCUT2D eigenvalue weighted by Crippen LogP contribution is 2.33. The Balaban J connectivity index is 1.78. The van der Waals surface area contributed by atoms with Crippen LogP contribution in [0.15, 0.2) is 48.5 Å². The smallest absolute Gasteiger partial charge is 0.222 e. The lowest BCUT2D eigenvalue weighted by Crippen LogP contribution is -2.34. The maximum Gasteiger partial charge on any atom is 0.222 e. The zero-order valence-electron chi connectivity index (χ0n) is 14.3. The van der Waals surface area contributed by atoms with Gasteiger partial charge in [-0.1, -0.05) is 36.4 Å². The van der Waals surface area contributed by atoms with Crippen LogP contribution in [-0.4, -0.2) is 24.4 Å². The van der Waals surface area contributed by atoms with Crippen LogP contribution in [0.2, 0.25) is 0 Å². The number of carbonyl (C=O) groups excluding carboxylic acids is 1. The molecule has 0 saturated carbocycles. The van der Waals surface area contributed by atoms with Crippen LogP contribution in [0.3, 0.4) is 0 Å². The summed E-state index contributed by atoms with van der Waals surface area (Å²) in [4.78, 5) is 13.8. The van der Waals surface area contributed by atoms with E-state index in [4.69, 9.17) is 5.73 Å². The third-order valence-corrected chi connectivity index (χ3v) is 4.88. The standard InChI is InChI=1S/C20H25N3O/c1-14(15-6-4-3-5-7-15)22-19-12-16(8-9-18(19)21)17-10-11-23(2)20(24)13-17/h3-9,12,14,17,22H,10-11,13,21H2,1-2H3/t14-,17?/m0/s1. The lowest BCUT2D eigenvalue weighted by atomic mass is 9.88. The minimum atomic E-state index is 0.169. The molecule has 1 unspecified atom stereocenters. The van der Waals surface area contributed by atoms with Gasteiger partial charge in [0.25, 0.3) is 0 Å². The molecule has 1 aliphatic heterocycles. The van der Waals surface area contributed by atoms with E-state index in [0.29, 0.717) is 6.42 Å². The molecule has 24 heavy (non-hydrogen) atoms. The van der Waals surface area contributed by atoms with E-state index in [1.54, 1.807) is 0 Å². The van der Waals surface area contributed by atoms with Crippen LogP contribution in [0.4, 0.5) is 11.4 Å². The fourth-order valence-electron chi connectivity index (χ4n) is 3.24. The first-order valence-electron chi connectivity index (χ1n) is 8.49. The Bertz CT molecular complexity index is 714. The van der Waals surface area contributed by atoms with Gasteiger partial charge in [0, 0.05) is 26.1 Å². The number of amides is 1. The molecule has 1 amide bonds. The predicted molar refractivity (Wildman–Crippen MR) is 98.9 cm³/mol. The van der Waals surface area contributed by atoms with Crippen molar-refractivity contribution in [3.63, 3.8) is 0 Å². The Hall–Kier alpha value is -2.49. The van der Waals surface area contributed by atoms with Crippen LogP contribution < -0.4 is 11.1 Å². The molecular formula is C20H25N3O. The number of nitrogen functional groups attached to an aromatic ring is 1. The number of benzene rings is 2. The van der Waals surface area contributed by atoms with Gasteiger partial charge in [0.2, 0.25) is 5.91 Å². The molecule has 3 rings (SSSR count). The summed E-state index contributed by atoms with van der Waals surface area (Å²) < 4.78 is 0. The fraction of sp³-hybridized carbons (Fsp3) is 0.350. The highest BCUT2D eigenvalue weighted by atomic mass is 16.2. The van der Waals surface area contributed by atoms with E-state index >= 15 is 0 Å². The van der Waals surface area contributed by atoms with Crippen LogP contribution in [-0.2, 0) is 4.79 Å². The van der Waals surface area contributed by atoms with E-state index < -0.39 is 0 Å². The van der Waals surface area contributed by atoms with Crippen LogP contribution in [0.25, 0.3) is 0 Å². The summed E-state index contributed by atoms with van der Waals surface area (Å²) >= 11 is 0. The highest BCUT2D eigenvalue weighted by molar-refractivity contribution is 5.78. The van der Waals surface area contributed by atoms with Crippen molar-refractivity contribution in [1.29, 1.82) is 0 Å². The Labute approximate surface area is 143 Å². The van der Waals surface area contributed by atoms with E-state index in [1.807, 2.05) is 36.2 Å². The molecule has 3 N–H and O–H groups in total. The summed E-state index contributed by atoms with van der Waals surface area (Å²) in [6.45, 7) is 2.94. The molecule has 0 spiro atoms. The second kappa shape index (κ2) is 6.95. The van der Waals surface area contributed by atoms with Gasteiger partial charge in [-0.15, -0.1) is 0 Å². The normalized spacial score (nSPS) is 19.2. The summed E-state index contributed by atoms with van der Waals surface area (Å²) in [5.41, 5.74) is 10.2. The number of hydrogen-bond acceptors (Lipinski definition) is 3. The molecule has 1 fully saturated rings. The maximum atomic E-state index is 12.0. The van der Waals surface area contributed by atoms with E-state index in [-0.39, 0.29) is 17.9 Å². The van der Waals surface area contributed by atoms with Gasteiger partial charge in [-0.25, -0.2) is 0 Å². The van der Waals surface area contributed by atoms with Crippen molar-refractivity contribution < 1.29 is 4.79 Å². The molecule has 126 valence electrons. The minimum Gasteiger partial charge on any atom is -0.397 e. The first-order chi connectivity index (χ1) is 11.5. The zero-order valence-corrected chi connectivity index (χ0v) is 14.3. The summed E-state index contributed by atoms with van der Waals surface area (Å²) in [5, 5.41) is 3.51. The van der Waals surface area contributed by atoms with E-state index in [0.717, 1.165) is 24.3 Å². The van der Waals surface area contributed by atoms with Crippen LogP contribution in [0, 0.1) is 0 Å². The Morgan fingerprint density at radius 1 is 1.21 bits per heavy atom. The molecule has 1 saturated heterocycles. The number of nitrogens with two attached hydrogens (primary N) is 1. The first-order valence-corrected chi connectivity index (χ1v) is 8.49. The fourth-order valence-corrected chi connectivity index (χ4v) is 3.24. The number of nitrogens with one attached hydrogen (secondary N) is 1. The number of rotatable bonds is 4. The predicted octanol–water partition coefficient (Wildman–Crippen LogP) is 3.78. The number of hydrogen-bond donors (Lipinski definition) is 2. The first kappa shape index (κ1) is 16.4. The molecule has 4 heteroatoms. The second-order valence-corrected chi connectivity index (χ2v) is 6.63. The molecule has 0 aliphatic carbocycles. The number of piperidine rings is 1. The van der Waals surface area contributed by atoms with Gasteiger partial charge >= 0.3 is 0 Å². The highest BCUT2D eigenvalue weighted by Gasteiger charge is 2.25. The molecule has 4 nitrogen and oxygen atoms in total. The van der Waals surface area contributed by atoms with Crippen molar-refractivity contribution in [2.45, 2.75) is 31.7 Å². The van der Waals surface area contributed by atoms with Crippen molar-refractivity contribution in [3.8, 4) is 0 Å². The molecule has 0 radical (unpaired) electrons. The molecule has 1 heterocycles. The number of nitrogens with zero attached hydrogens (tertiary/aromatic N) is 1. The average Bonchev–Trinajstić information content (AvgIpc) is 2.60. The zero-order chi connectivity index (χ0) is 17.1. The van der Waals surface area contributed by atoms with Gasteiger partial charge < -0.3 is 16.0 Å². The monoisotopic (exact) mass is 323 g/mol. The summed E-state index contributed by atoms with van der Waals surface area (Å²) in [6.07, 6.45) is 1.58. The summed E-state index contributed by atoms with van der Waals surface area (Å²) in [7, 11) is 1.87. The Morgan fingerprint density at radius 2 is 1.96 bits per heavy atom. The quantitative estimate of drug-likeness (QED) is 0.842. The van der Waals surface area contributed by atoms with E-state index in [1.165, 1.54) is 11.1 Å².